The first-order valence-corrected chi connectivity index (χ1v) is 7.39. The maximum absolute atomic E-state index is 10.1. The van der Waals surface area contributed by atoms with Gasteiger partial charge in [0, 0.05) is 30.3 Å². The van der Waals surface area contributed by atoms with Crippen molar-refractivity contribution < 1.29 is 14.9 Å². The Morgan fingerprint density at radius 3 is 2.75 bits per heavy atom. The first kappa shape index (κ1) is 15.1. The van der Waals surface area contributed by atoms with E-state index in [4.69, 9.17) is 4.74 Å². The van der Waals surface area contributed by atoms with Gasteiger partial charge in [-0.25, -0.2) is 0 Å². The highest BCUT2D eigenvalue weighted by Gasteiger charge is 2.26. The number of ether oxygens (including phenoxy) is 1. The standard InChI is InChI=1S/C16H25NO3/c1-11(14-8-7-13(20-2)9-16(14)19)17-15-6-4-3-5-12(15)10-18/h7-9,11-12,15,17-19H,3-6,10H2,1-2H3. The van der Waals surface area contributed by atoms with Crippen LogP contribution in [-0.2, 0) is 0 Å². The highest BCUT2D eigenvalue weighted by Crippen LogP contribution is 2.31. The highest BCUT2D eigenvalue weighted by atomic mass is 16.5. The summed E-state index contributed by atoms with van der Waals surface area (Å²) in [6, 6.07) is 5.77. The lowest BCUT2D eigenvalue weighted by atomic mass is 9.84. The molecule has 2 rings (SSSR count). The Bertz CT molecular complexity index is 436. The van der Waals surface area contributed by atoms with Crippen LogP contribution in [0.5, 0.6) is 11.5 Å². The third-order valence-corrected chi connectivity index (χ3v) is 4.31. The van der Waals surface area contributed by atoms with E-state index in [9.17, 15) is 10.2 Å². The molecule has 4 heteroatoms. The minimum atomic E-state index is 0.0538. The number of rotatable bonds is 5. The van der Waals surface area contributed by atoms with Gasteiger partial charge in [-0.3, -0.25) is 0 Å². The summed E-state index contributed by atoms with van der Waals surface area (Å²) in [7, 11) is 1.59. The van der Waals surface area contributed by atoms with E-state index >= 15 is 0 Å². The molecule has 3 N–H and O–H groups in total. The van der Waals surface area contributed by atoms with Crippen LogP contribution < -0.4 is 10.1 Å². The second-order valence-electron chi connectivity index (χ2n) is 5.65. The molecule has 112 valence electrons. The van der Waals surface area contributed by atoms with Gasteiger partial charge in [0.25, 0.3) is 0 Å². The van der Waals surface area contributed by atoms with Gasteiger partial charge in [0.05, 0.1) is 7.11 Å². The van der Waals surface area contributed by atoms with Crippen molar-refractivity contribution in [3.63, 3.8) is 0 Å². The molecular weight excluding hydrogens is 254 g/mol. The van der Waals surface area contributed by atoms with Gasteiger partial charge < -0.3 is 20.3 Å². The number of aliphatic hydroxyl groups is 1. The van der Waals surface area contributed by atoms with Crippen molar-refractivity contribution in [2.24, 2.45) is 5.92 Å². The van der Waals surface area contributed by atoms with Gasteiger partial charge in [0.1, 0.15) is 11.5 Å². The minimum absolute atomic E-state index is 0.0538. The van der Waals surface area contributed by atoms with Crippen LogP contribution in [0, 0.1) is 5.92 Å². The average molecular weight is 279 g/mol. The molecular formula is C16H25NO3. The lowest BCUT2D eigenvalue weighted by Gasteiger charge is -2.33. The summed E-state index contributed by atoms with van der Waals surface area (Å²) >= 11 is 0. The molecule has 4 nitrogen and oxygen atoms in total. The third-order valence-electron chi connectivity index (χ3n) is 4.31. The number of hydrogen-bond donors (Lipinski definition) is 3. The van der Waals surface area contributed by atoms with E-state index in [0.717, 1.165) is 18.4 Å². The quantitative estimate of drug-likeness (QED) is 0.775. The normalized spacial score (nSPS) is 24.4. The summed E-state index contributed by atoms with van der Waals surface area (Å²) in [6.07, 6.45) is 4.57. The largest absolute Gasteiger partial charge is 0.507 e. The van der Waals surface area contributed by atoms with Crippen molar-refractivity contribution in [3.8, 4) is 11.5 Å². The summed E-state index contributed by atoms with van der Waals surface area (Å²) < 4.78 is 5.10. The fraction of sp³-hybridized carbons (Fsp3) is 0.625. The van der Waals surface area contributed by atoms with E-state index in [-0.39, 0.29) is 18.4 Å². The average Bonchev–Trinajstić information content (AvgIpc) is 2.47. The lowest BCUT2D eigenvalue weighted by Crippen LogP contribution is -2.41. The van der Waals surface area contributed by atoms with Crippen molar-refractivity contribution in [2.75, 3.05) is 13.7 Å². The van der Waals surface area contributed by atoms with Crippen molar-refractivity contribution in [1.82, 2.24) is 5.32 Å². The Morgan fingerprint density at radius 2 is 2.10 bits per heavy atom. The van der Waals surface area contributed by atoms with Crippen LogP contribution in [0.25, 0.3) is 0 Å². The van der Waals surface area contributed by atoms with Crippen LogP contribution in [0.3, 0.4) is 0 Å². The van der Waals surface area contributed by atoms with Gasteiger partial charge in [-0.1, -0.05) is 18.9 Å². The molecule has 1 aliphatic rings. The zero-order valence-corrected chi connectivity index (χ0v) is 12.3. The smallest absolute Gasteiger partial charge is 0.124 e. The molecule has 0 aliphatic heterocycles. The van der Waals surface area contributed by atoms with Crippen LogP contribution in [0.1, 0.15) is 44.2 Å². The van der Waals surface area contributed by atoms with Crippen molar-refractivity contribution in [3.05, 3.63) is 23.8 Å². The number of hydrogen-bond acceptors (Lipinski definition) is 4. The second kappa shape index (κ2) is 6.95. The number of aliphatic hydroxyl groups excluding tert-OH is 1. The number of benzene rings is 1. The molecule has 0 bridgehead atoms. The van der Waals surface area contributed by atoms with Crippen molar-refractivity contribution >= 4 is 0 Å². The first-order valence-electron chi connectivity index (χ1n) is 7.39. The Labute approximate surface area is 120 Å². The maximum Gasteiger partial charge on any atom is 0.124 e. The van der Waals surface area contributed by atoms with Crippen LogP contribution in [0.2, 0.25) is 0 Å². The van der Waals surface area contributed by atoms with Crippen LogP contribution in [0.15, 0.2) is 18.2 Å². The Hall–Kier alpha value is -1.26. The molecule has 20 heavy (non-hydrogen) atoms. The van der Waals surface area contributed by atoms with Gasteiger partial charge in [-0.05, 0) is 31.7 Å². The monoisotopic (exact) mass is 279 g/mol. The molecule has 0 saturated heterocycles. The summed E-state index contributed by atoms with van der Waals surface area (Å²) in [4.78, 5) is 0. The molecule has 0 radical (unpaired) electrons. The summed E-state index contributed by atoms with van der Waals surface area (Å²) in [5.41, 5.74) is 0.869. The topological polar surface area (TPSA) is 61.7 Å². The molecule has 0 spiro atoms. The Kier molecular flexibility index (Phi) is 5.26. The first-order chi connectivity index (χ1) is 9.65. The molecule has 3 unspecified atom stereocenters. The van der Waals surface area contributed by atoms with Gasteiger partial charge in [0.15, 0.2) is 0 Å². The zero-order chi connectivity index (χ0) is 14.5. The molecule has 1 aromatic rings. The molecule has 1 aromatic carbocycles. The molecule has 0 heterocycles. The summed E-state index contributed by atoms with van der Waals surface area (Å²) in [5, 5.41) is 23.1. The third kappa shape index (κ3) is 3.44. The van der Waals surface area contributed by atoms with E-state index in [0.29, 0.717) is 17.7 Å². The highest BCUT2D eigenvalue weighted by molar-refractivity contribution is 5.41. The van der Waals surface area contributed by atoms with E-state index in [1.165, 1.54) is 12.8 Å². The van der Waals surface area contributed by atoms with Crippen LogP contribution in [0.4, 0.5) is 0 Å². The van der Waals surface area contributed by atoms with Gasteiger partial charge in [0.2, 0.25) is 0 Å². The van der Waals surface area contributed by atoms with E-state index in [2.05, 4.69) is 5.32 Å². The van der Waals surface area contributed by atoms with E-state index in [1.807, 2.05) is 19.1 Å². The van der Waals surface area contributed by atoms with Crippen LogP contribution in [-0.4, -0.2) is 30.0 Å². The summed E-state index contributed by atoms with van der Waals surface area (Å²) in [5.74, 6) is 1.23. The van der Waals surface area contributed by atoms with Crippen molar-refractivity contribution in [2.45, 2.75) is 44.7 Å². The molecule has 1 fully saturated rings. The number of nitrogens with one attached hydrogen (secondary N) is 1. The summed E-state index contributed by atoms with van der Waals surface area (Å²) in [6.45, 7) is 2.28. The number of phenolic OH excluding ortho intramolecular Hbond substituents is 1. The van der Waals surface area contributed by atoms with Gasteiger partial charge >= 0.3 is 0 Å². The van der Waals surface area contributed by atoms with Crippen LogP contribution >= 0.6 is 0 Å². The SMILES string of the molecule is COc1ccc(C(C)NC2CCCCC2CO)c(O)c1. The molecule has 1 saturated carbocycles. The Balaban J connectivity index is 2.05. The zero-order valence-electron chi connectivity index (χ0n) is 12.3. The number of aromatic hydroxyl groups is 1. The predicted molar refractivity (Wildman–Crippen MR) is 79.0 cm³/mol. The van der Waals surface area contributed by atoms with E-state index < -0.39 is 0 Å². The minimum Gasteiger partial charge on any atom is -0.507 e. The fourth-order valence-electron chi connectivity index (χ4n) is 3.07. The number of phenols is 1. The molecule has 0 aromatic heterocycles. The van der Waals surface area contributed by atoms with Gasteiger partial charge in [-0.2, -0.15) is 0 Å². The lowest BCUT2D eigenvalue weighted by molar-refractivity contribution is 0.147. The molecule has 3 atom stereocenters. The maximum atomic E-state index is 10.1. The predicted octanol–water partition coefficient (Wildman–Crippen LogP) is 2.60. The van der Waals surface area contributed by atoms with E-state index in [1.54, 1.807) is 13.2 Å². The molecule has 0 amide bonds. The Morgan fingerprint density at radius 1 is 1.35 bits per heavy atom. The fourth-order valence-corrected chi connectivity index (χ4v) is 3.07. The van der Waals surface area contributed by atoms with Crippen molar-refractivity contribution in [1.29, 1.82) is 0 Å². The molecule has 1 aliphatic carbocycles. The van der Waals surface area contributed by atoms with Gasteiger partial charge in [-0.15, -0.1) is 0 Å². The number of methoxy groups -OCH3 is 1. The second-order valence-corrected chi connectivity index (χ2v) is 5.65.